The molecule has 4 aromatic rings. The Bertz CT molecular complexity index is 1420. The fourth-order valence-corrected chi connectivity index (χ4v) is 4.71. The van der Waals surface area contributed by atoms with Crippen molar-refractivity contribution in [3.8, 4) is 11.5 Å². The van der Waals surface area contributed by atoms with Gasteiger partial charge in [-0.2, -0.15) is 5.10 Å². The van der Waals surface area contributed by atoms with Crippen LogP contribution in [0.4, 0.5) is 5.69 Å². The van der Waals surface area contributed by atoms with Crippen LogP contribution in [-0.4, -0.2) is 34.0 Å². The number of rotatable bonds is 9. The summed E-state index contributed by atoms with van der Waals surface area (Å²) in [6.45, 7) is 9.47. The van der Waals surface area contributed by atoms with E-state index in [4.69, 9.17) is 9.15 Å². The van der Waals surface area contributed by atoms with Crippen LogP contribution in [0.5, 0.6) is 0 Å². The molecule has 1 aromatic carbocycles. The topological polar surface area (TPSA) is 105 Å². The first kappa shape index (κ1) is 24.6. The summed E-state index contributed by atoms with van der Waals surface area (Å²) >= 11 is 0. The summed E-state index contributed by atoms with van der Waals surface area (Å²) in [6, 6.07) is 12.4. The molecule has 9 nitrogen and oxygen atoms in total. The van der Waals surface area contributed by atoms with Crippen molar-refractivity contribution >= 4 is 24.7 Å². The summed E-state index contributed by atoms with van der Waals surface area (Å²) in [4.78, 5) is 24.2. The first-order chi connectivity index (χ1) is 16.5. The molecule has 0 radical (unpaired) electrons. The smallest absolute Gasteiger partial charge is 0.318 e. The molecule has 1 atom stereocenters. The number of nitro groups is 1. The third-order valence-electron chi connectivity index (χ3n) is 6.04. The highest BCUT2D eigenvalue weighted by Crippen LogP contribution is 2.36. The largest absolute Gasteiger partial charge is 0.453 e. The van der Waals surface area contributed by atoms with Crippen LogP contribution in [0.2, 0.25) is 25.7 Å². The van der Waals surface area contributed by atoms with E-state index >= 15 is 0 Å². The van der Waals surface area contributed by atoms with Gasteiger partial charge in [-0.25, -0.2) is 4.68 Å². The third-order valence-corrected chi connectivity index (χ3v) is 7.74. The number of hydrogen-bond acceptors (Lipinski definition) is 6. The Labute approximate surface area is 204 Å². The minimum absolute atomic E-state index is 0.0585. The zero-order chi connectivity index (χ0) is 25.3. The van der Waals surface area contributed by atoms with Gasteiger partial charge >= 0.3 is 5.69 Å². The number of aromatic nitrogens is 3. The molecule has 0 bridgehead atoms. The molecule has 0 spiro atoms. The fraction of sp³-hybridized carbons (Fsp3) is 0.360. The van der Waals surface area contributed by atoms with Gasteiger partial charge in [-0.1, -0.05) is 56.9 Å². The SMILES string of the molecule is CC(c1ccccc1)c1cn(C)c(=O)c2cc(-c3nn(COCC[Si](C)(C)C)cc3[N+](=O)[O-])oc12. The highest BCUT2D eigenvalue weighted by molar-refractivity contribution is 6.76. The van der Waals surface area contributed by atoms with Gasteiger partial charge < -0.3 is 13.7 Å². The lowest BCUT2D eigenvalue weighted by Gasteiger charge is -2.15. The van der Waals surface area contributed by atoms with Crippen molar-refractivity contribution < 1.29 is 14.1 Å². The van der Waals surface area contributed by atoms with Gasteiger partial charge in [-0.3, -0.25) is 14.9 Å². The molecular weight excluding hydrogens is 464 g/mol. The summed E-state index contributed by atoms with van der Waals surface area (Å²) in [5.74, 6) is 0.120. The summed E-state index contributed by atoms with van der Waals surface area (Å²) in [5.41, 5.74) is 1.92. The summed E-state index contributed by atoms with van der Waals surface area (Å²) in [6.07, 6.45) is 3.09. The predicted octanol–water partition coefficient (Wildman–Crippen LogP) is 5.37. The van der Waals surface area contributed by atoms with Gasteiger partial charge in [0.25, 0.3) is 5.56 Å². The van der Waals surface area contributed by atoms with E-state index in [2.05, 4.69) is 24.7 Å². The zero-order valence-electron chi connectivity index (χ0n) is 20.6. The molecule has 0 aliphatic rings. The van der Waals surface area contributed by atoms with Crippen LogP contribution in [0.1, 0.15) is 24.0 Å². The Morgan fingerprint density at radius 3 is 2.57 bits per heavy atom. The van der Waals surface area contributed by atoms with E-state index in [0.29, 0.717) is 17.6 Å². The third kappa shape index (κ3) is 5.28. The molecule has 0 N–H and O–H groups in total. The van der Waals surface area contributed by atoms with Crippen LogP contribution in [0.15, 0.2) is 58.0 Å². The average molecular weight is 495 g/mol. The maximum atomic E-state index is 12.9. The first-order valence-electron chi connectivity index (χ1n) is 11.5. The number of aryl methyl sites for hydroxylation is 1. The number of fused-ring (bicyclic) bond motifs is 1. The molecule has 0 amide bonds. The van der Waals surface area contributed by atoms with Crippen molar-refractivity contribution in [1.29, 1.82) is 0 Å². The Kier molecular flexibility index (Phi) is 6.77. The predicted molar refractivity (Wildman–Crippen MR) is 137 cm³/mol. The second-order valence-corrected chi connectivity index (χ2v) is 15.6. The highest BCUT2D eigenvalue weighted by Gasteiger charge is 2.27. The van der Waals surface area contributed by atoms with Gasteiger partial charge in [0.1, 0.15) is 18.5 Å². The molecule has 0 saturated heterocycles. The van der Waals surface area contributed by atoms with Crippen LogP contribution in [0, 0.1) is 10.1 Å². The number of benzene rings is 1. The van der Waals surface area contributed by atoms with Crippen molar-refractivity contribution in [2.24, 2.45) is 7.05 Å². The Balaban J connectivity index is 1.73. The van der Waals surface area contributed by atoms with E-state index in [-0.39, 0.29) is 35.3 Å². The molecule has 0 aliphatic carbocycles. The first-order valence-corrected chi connectivity index (χ1v) is 15.2. The molecule has 0 saturated carbocycles. The van der Waals surface area contributed by atoms with Gasteiger partial charge in [0, 0.05) is 39.4 Å². The van der Waals surface area contributed by atoms with Gasteiger partial charge in [0.2, 0.25) is 5.69 Å². The molecule has 0 aliphatic heterocycles. The lowest BCUT2D eigenvalue weighted by Crippen LogP contribution is -2.22. The van der Waals surface area contributed by atoms with Crippen molar-refractivity contribution in [2.45, 2.75) is 45.3 Å². The average Bonchev–Trinajstić information content (AvgIpc) is 3.44. The van der Waals surface area contributed by atoms with Crippen molar-refractivity contribution in [3.63, 3.8) is 0 Å². The van der Waals surface area contributed by atoms with Crippen molar-refractivity contribution in [1.82, 2.24) is 14.3 Å². The van der Waals surface area contributed by atoms with Gasteiger partial charge in [0.05, 0.1) is 10.3 Å². The number of hydrogen-bond donors (Lipinski definition) is 0. The molecular formula is C25H30N4O5Si. The lowest BCUT2D eigenvalue weighted by molar-refractivity contribution is -0.384. The number of pyridine rings is 1. The number of ether oxygens (including phenoxy) is 1. The molecule has 0 fully saturated rings. The van der Waals surface area contributed by atoms with E-state index in [1.54, 1.807) is 19.3 Å². The second-order valence-electron chi connectivity index (χ2n) is 9.99. The molecule has 4 rings (SSSR count). The van der Waals surface area contributed by atoms with Crippen molar-refractivity contribution in [3.05, 3.63) is 80.4 Å². The molecule has 3 aromatic heterocycles. The lowest BCUT2D eigenvalue weighted by atomic mass is 9.93. The summed E-state index contributed by atoms with van der Waals surface area (Å²) in [7, 11) is 0.436. The molecule has 1 unspecified atom stereocenters. The van der Waals surface area contributed by atoms with Crippen LogP contribution < -0.4 is 5.56 Å². The zero-order valence-corrected chi connectivity index (χ0v) is 21.6. The Morgan fingerprint density at radius 2 is 1.91 bits per heavy atom. The van der Waals surface area contributed by atoms with Crippen LogP contribution >= 0.6 is 0 Å². The molecule has 10 heteroatoms. The molecule has 184 valence electrons. The fourth-order valence-electron chi connectivity index (χ4n) is 3.95. The minimum atomic E-state index is -1.25. The minimum Gasteiger partial charge on any atom is -0.453 e. The number of nitrogens with zero attached hydrogens (tertiary/aromatic N) is 4. The van der Waals surface area contributed by atoms with Crippen LogP contribution in [0.25, 0.3) is 22.4 Å². The monoisotopic (exact) mass is 494 g/mol. The second kappa shape index (κ2) is 9.63. The van der Waals surface area contributed by atoms with E-state index in [1.165, 1.54) is 15.4 Å². The van der Waals surface area contributed by atoms with E-state index in [9.17, 15) is 14.9 Å². The summed E-state index contributed by atoms with van der Waals surface area (Å²) < 4.78 is 14.7. The normalized spacial score (nSPS) is 12.8. The molecule has 35 heavy (non-hydrogen) atoms. The Hall–Kier alpha value is -3.50. The van der Waals surface area contributed by atoms with E-state index in [1.807, 2.05) is 37.3 Å². The molecule has 3 heterocycles. The van der Waals surface area contributed by atoms with Gasteiger partial charge in [-0.15, -0.1) is 0 Å². The summed E-state index contributed by atoms with van der Waals surface area (Å²) in [5, 5.41) is 16.5. The highest BCUT2D eigenvalue weighted by atomic mass is 28.3. The van der Waals surface area contributed by atoms with E-state index < -0.39 is 13.0 Å². The van der Waals surface area contributed by atoms with Gasteiger partial charge in [0.15, 0.2) is 5.76 Å². The van der Waals surface area contributed by atoms with Crippen LogP contribution in [0.3, 0.4) is 0 Å². The maximum absolute atomic E-state index is 12.9. The van der Waals surface area contributed by atoms with Gasteiger partial charge in [-0.05, 0) is 17.7 Å². The standard InChI is InChI=1S/C25H30N4O5Si/c1-17(18-9-7-6-8-10-18)20-14-27(2)25(30)19-13-22(34-24(19)20)23-21(29(31)32)15-28(26-23)16-33-11-12-35(3,4)5/h6-10,13-15,17H,11-12,16H2,1-5H3. The maximum Gasteiger partial charge on any atom is 0.318 e. The van der Waals surface area contributed by atoms with Crippen LogP contribution in [-0.2, 0) is 18.5 Å². The number of furan rings is 1. The van der Waals surface area contributed by atoms with Crippen molar-refractivity contribution in [2.75, 3.05) is 6.61 Å². The van der Waals surface area contributed by atoms with E-state index in [0.717, 1.165) is 17.2 Å². The Morgan fingerprint density at radius 1 is 1.20 bits per heavy atom. The quantitative estimate of drug-likeness (QED) is 0.134.